The van der Waals surface area contributed by atoms with Gasteiger partial charge in [-0.1, -0.05) is 13.8 Å². The third kappa shape index (κ3) is 1.99. The van der Waals surface area contributed by atoms with Gasteiger partial charge < -0.3 is 4.98 Å². The van der Waals surface area contributed by atoms with E-state index >= 15 is 0 Å². The van der Waals surface area contributed by atoms with Crippen LogP contribution in [-0.4, -0.2) is 20.9 Å². The molecule has 0 spiro atoms. The molecule has 2 aliphatic rings. The van der Waals surface area contributed by atoms with Gasteiger partial charge in [0.2, 0.25) is 0 Å². The quantitative estimate of drug-likeness (QED) is 0.825. The second-order valence-electron chi connectivity index (χ2n) is 6.54. The van der Waals surface area contributed by atoms with E-state index in [0.717, 1.165) is 30.2 Å². The highest BCUT2D eigenvalue weighted by molar-refractivity contribution is 5.22. The first-order chi connectivity index (χ1) is 8.44. The minimum Gasteiger partial charge on any atom is -0.310 e. The summed E-state index contributed by atoms with van der Waals surface area (Å²) in [6.45, 7) is 8.15. The molecule has 0 bridgehead atoms. The number of nitrogens with one attached hydrogen (secondary N) is 1. The van der Waals surface area contributed by atoms with Crippen molar-refractivity contribution >= 4 is 0 Å². The van der Waals surface area contributed by atoms with E-state index in [2.05, 4.69) is 28.7 Å². The van der Waals surface area contributed by atoms with E-state index in [1.165, 1.54) is 19.3 Å². The molecule has 1 aliphatic heterocycles. The summed E-state index contributed by atoms with van der Waals surface area (Å²) in [4.78, 5) is 21.6. The van der Waals surface area contributed by atoms with Crippen molar-refractivity contribution in [2.45, 2.75) is 59.2 Å². The zero-order valence-corrected chi connectivity index (χ0v) is 11.4. The van der Waals surface area contributed by atoms with Crippen LogP contribution < -0.4 is 5.56 Å². The SMILES string of the molecule is Cc1nc2c(c(=O)[nH]1)CN(C1CCC(C)(C)C1)C2. The van der Waals surface area contributed by atoms with Gasteiger partial charge in [0.1, 0.15) is 5.82 Å². The van der Waals surface area contributed by atoms with Crippen LogP contribution in [-0.2, 0) is 13.1 Å². The fourth-order valence-corrected chi connectivity index (χ4v) is 3.38. The fraction of sp³-hybridized carbons (Fsp3) is 0.714. The molecule has 1 atom stereocenters. The van der Waals surface area contributed by atoms with Crippen LogP contribution in [0.25, 0.3) is 0 Å². The van der Waals surface area contributed by atoms with Crippen molar-refractivity contribution in [3.05, 3.63) is 27.4 Å². The van der Waals surface area contributed by atoms with Gasteiger partial charge in [0, 0.05) is 19.1 Å². The molecule has 0 amide bonds. The van der Waals surface area contributed by atoms with Crippen molar-refractivity contribution in [3.8, 4) is 0 Å². The van der Waals surface area contributed by atoms with Gasteiger partial charge in [-0.15, -0.1) is 0 Å². The summed E-state index contributed by atoms with van der Waals surface area (Å²) < 4.78 is 0. The molecule has 1 saturated carbocycles. The van der Waals surface area contributed by atoms with Crippen LogP contribution in [0.2, 0.25) is 0 Å². The Kier molecular flexibility index (Phi) is 2.59. The molecule has 0 aromatic carbocycles. The zero-order valence-electron chi connectivity index (χ0n) is 11.4. The Morgan fingerprint density at radius 1 is 1.39 bits per heavy atom. The standard InChI is InChI=1S/C14H21N3O/c1-9-15-12-8-17(7-11(12)13(18)16-9)10-4-5-14(2,3)6-10/h10H,4-8H2,1-3H3,(H,15,16,18). The van der Waals surface area contributed by atoms with Gasteiger partial charge in [-0.25, -0.2) is 4.98 Å². The van der Waals surface area contributed by atoms with Crippen molar-refractivity contribution in [2.24, 2.45) is 5.41 Å². The fourth-order valence-electron chi connectivity index (χ4n) is 3.38. The molecule has 0 saturated heterocycles. The van der Waals surface area contributed by atoms with Gasteiger partial charge >= 0.3 is 0 Å². The Labute approximate surface area is 107 Å². The van der Waals surface area contributed by atoms with E-state index in [9.17, 15) is 4.79 Å². The Morgan fingerprint density at radius 2 is 2.17 bits per heavy atom. The van der Waals surface area contributed by atoms with Crippen molar-refractivity contribution in [2.75, 3.05) is 0 Å². The molecule has 1 aliphatic carbocycles. The summed E-state index contributed by atoms with van der Waals surface area (Å²) in [7, 11) is 0. The number of rotatable bonds is 1. The molecular weight excluding hydrogens is 226 g/mol. The molecule has 4 nitrogen and oxygen atoms in total. The lowest BCUT2D eigenvalue weighted by molar-refractivity contribution is 0.187. The third-order valence-electron chi connectivity index (χ3n) is 4.39. The van der Waals surface area contributed by atoms with Crippen LogP contribution in [0.1, 0.15) is 50.2 Å². The van der Waals surface area contributed by atoms with E-state index < -0.39 is 0 Å². The molecule has 1 fully saturated rings. The number of hydrogen-bond donors (Lipinski definition) is 1. The smallest absolute Gasteiger partial charge is 0.255 e. The lowest BCUT2D eigenvalue weighted by Crippen LogP contribution is -2.29. The molecule has 3 rings (SSSR count). The molecule has 1 N–H and O–H groups in total. The van der Waals surface area contributed by atoms with Crippen molar-refractivity contribution in [1.29, 1.82) is 0 Å². The Bertz CT molecular complexity index is 532. The summed E-state index contributed by atoms with van der Waals surface area (Å²) in [5, 5.41) is 0. The van der Waals surface area contributed by atoms with Crippen LogP contribution in [0, 0.1) is 12.3 Å². The maximum Gasteiger partial charge on any atom is 0.255 e. The second-order valence-corrected chi connectivity index (χ2v) is 6.54. The highest BCUT2D eigenvalue weighted by Gasteiger charge is 2.37. The molecule has 0 radical (unpaired) electrons. The van der Waals surface area contributed by atoms with Crippen molar-refractivity contribution < 1.29 is 0 Å². The number of aromatic amines is 1. The van der Waals surface area contributed by atoms with Gasteiger partial charge in [0.05, 0.1) is 11.3 Å². The number of fused-ring (bicyclic) bond motifs is 1. The lowest BCUT2D eigenvalue weighted by Gasteiger charge is -2.24. The molecule has 2 heterocycles. The van der Waals surface area contributed by atoms with E-state index in [-0.39, 0.29) is 5.56 Å². The Balaban J connectivity index is 1.82. The molecule has 18 heavy (non-hydrogen) atoms. The lowest BCUT2D eigenvalue weighted by atomic mass is 9.91. The number of aryl methyl sites for hydroxylation is 1. The topological polar surface area (TPSA) is 49.0 Å². The summed E-state index contributed by atoms with van der Waals surface area (Å²) in [5.41, 5.74) is 2.37. The molecule has 1 aromatic heterocycles. The van der Waals surface area contributed by atoms with Crippen LogP contribution in [0.3, 0.4) is 0 Å². The first-order valence-electron chi connectivity index (χ1n) is 6.77. The predicted octanol–water partition coefficient (Wildman–Crippen LogP) is 1.97. The monoisotopic (exact) mass is 247 g/mol. The molecule has 1 unspecified atom stereocenters. The first kappa shape index (κ1) is 11.9. The molecule has 1 aromatic rings. The number of aromatic nitrogens is 2. The van der Waals surface area contributed by atoms with Crippen LogP contribution in [0.5, 0.6) is 0 Å². The van der Waals surface area contributed by atoms with Crippen LogP contribution in [0.15, 0.2) is 4.79 Å². The summed E-state index contributed by atoms with van der Waals surface area (Å²) in [5.74, 6) is 0.729. The molecule has 98 valence electrons. The average molecular weight is 247 g/mol. The summed E-state index contributed by atoms with van der Waals surface area (Å²) in [6, 6.07) is 0.619. The normalized spacial score (nSPS) is 26.5. The van der Waals surface area contributed by atoms with Crippen LogP contribution in [0.4, 0.5) is 0 Å². The summed E-state index contributed by atoms with van der Waals surface area (Å²) >= 11 is 0. The maximum atomic E-state index is 11.9. The minimum atomic E-state index is 0.0530. The second kappa shape index (κ2) is 3.92. The van der Waals surface area contributed by atoms with Crippen molar-refractivity contribution in [3.63, 3.8) is 0 Å². The third-order valence-corrected chi connectivity index (χ3v) is 4.39. The van der Waals surface area contributed by atoms with Crippen molar-refractivity contribution in [1.82, 2.24) is 14.9 Å². The highest BCUT2D eigenvalue weighted by atomic mass is 16.1. The molecular formula is C14H21N3O. The van der Waals surface area contributed by atoms with E-state index in [0.29, 0.717) is 11.5 Å². The van der Waals surface area contributed by atoms with Gasteiger partial charge in [-0.3, -0.25) is 9.69 Å². The van der Waals surface area contributed by atoms with Gasteiger partial charge in [0.25, 0.3) is 5.56 Å². The largest absolute Gasteiger partial charge is 0.310 e. The first-order valence-corrected chi connectivity index (χ1v) is 6.77. The average Bonchev–Trinajstić information content (AvgIpc) is 2.81. The van der Waals surface area contributed by atoms with E-state index in [1.807, 2.05) is 6.92 Å². The number of nitrogens with zero attached hydrogens (tertiary/aromatic N) is 2. The molecule has 4 heteroatoms. The maximum absolute atomic E-state index is 11.9. The Hall–Kier alpha value is -1.16. The summed E-state index contributed by atoms with van der Waals surface area (Å²) in [6.07, 6.45) is 3.77. The van der Waals surface area contributed by atoms with E-state index in [4.69, 9.17) is 0 Å². The highest BCUT2D eigenvalue weighted by Crippen LogP contribution is 2.41. The predicted molar refractivity (Wildman–Crippen MR) is 70.3 cm³/mol. The minimum absolute atomic E-state index is 0.0530. The number of hydrogen-bond acceptors (Lipinski definition) is 3. The Morgan fingerprint density at radius 3 is 2.83 bits per heavy atom. The number of H-pyrrole nitrogens is 1. The zero-order chi connectivity index (χ0) is 12.9. The van der Waals surface area contributed by atoms with E-state index in [1.54, 1.807) is 0 Å². The van der Waals surface area contributed by atoms with Gasteiger partial charge in [-0.05, 0) is 31.6 Å². The van der Waals surface area contributed by atoms with Crippen LogP contribution >= 0.6 is 0 Å². The van der Waals surface area contributed by atoms with Gasteiger partial charge in [0.15, 0.2) is 0 Å². The van der Waals surface area contributed by atoms with Gasteiger partial charge in [-0.2, -0.15) is 0 Å².